The van der Waals surface area contributed by atoms with Crippen LogP contribution in [-0.2, 0) is 0 Å². The van der Waals surface area contributed by atoms with Gasteiger partial charge in [0.25, 0.3) is 5.91 Å². The lowest BCUT2D eigenvalue weighted by molar-refractivity contribution is 0.0963. The fourth-order valence-electron chi connectivity index (χ4n) is 2.61. The zero-order valence-electron chi connectivity index (χ0n) is 11.8. The third kappa shape index (κ3) is 2.83. The Kier molecular flexibility index (Phi) is 3.98. The van der Waals surface area contributed by atoms with E-state index in [1.54, 1.807) is 19.2 Å². The molecular formula is C15H23N3O. The lowest BCUT2D eigenvalue weighted by Crippen LogP contribution is -2.36. The second-order valence-corrected chi connectivity index (χ2v) is 5.44. The Labute approximate surface area is 114 Å². The molecule has 0 saturated heterocycles. The molecule has 1 saturated carbocycles. The molecule has 1 aromatic rings. The van der Waals surface area contributed by atoms with Crippen LogP contribution in [0.4, 0.5) is 11.4 Å². The van der Waals surface area contributed by atoms with Crippen molar-refractivity contribution in [1.82, 2.24) is 5.32 Å². The summed E-state index contributed by atoms with van der Waals surface area (Å²) in [6.07, 6.45) is 5.08. The molecule has 0 unspecified atom stereocenters. The molecule has 4 N–H and O–H groups in total. The molecule has 4 nitrogen and oxygen atoms in total. The average Bonchev–Trinajstić information content (AvgIpc) is 2.39. The first kappa shape index (κ1) is 13.7. The van der Waals surface area contributed by atoms with Crippen LogP contribution in [0.15, 0.2) is 18.2 Å². The standard InChI is InChI=1S/C15H23N3O/c1-3-15(7-4-8-15)10-18-13-9-11(14(19)17-2)5-6-12(13)16/h5-6,9,18H,3-4,7-8,10,16H2,1-2H3,(H,17,19). The number of benzene rings is 1. The van der Waals surface area contributed by atoms with E-state index >= 15 is 0 Å². The second kappa shape index (κ2) is 5.51. The second-order valence-electron chi connectivity index (χ2n) is 5.44. The van der Waals surface area contributed by atoms with Gasteiger partial charge in [-0.15, -0.1) is 0 Å². The molecule has 0 atom stereocenters. The number of nitrogen functional groups attached to an aromatic ring is 1. The van der Waals surface area contributed by atoms with E-state index in [-0.39, 0.29) is 5.91 Å². The van der Waals surface area contributed by atoms with E-state index < -0.39 is 0 Å². The normalized spacial score (nSPS) is 16.5. The number of amides is 1. The van der Waals surface area contributed by atoms with Gasteiger partial charge < -0.3 is 16.4 Å². The van der Waals surface area contributed by atoms with Crippen molar-refractivity contribution >= 4 is 17.3 Å². The van der Waals surface area contributed by atoms with E-state index in [9.17, 15) is 4.79 Å². The lowest BCUT2D eigenvalue weighted by Gasteiger charge is -2.41. The molecule has 4 heteroatoms. The highest BCUT2D eigenvalue weighted by molar-refractivity contribution is 5.96. The number of nitrogens with one attached hydrogen (secondary N) is 2. The first-order chi connectivity index (χ1) is 9.10. The highest BCUT2D eigenvalue weighted by Gasteiger charge is 2.34. The van der Waals surface area contributed by atoms with Crippen LogP contribution in [0.3, 0.4) is 0 Å². The van der Waals surface area contributed by atoms with E-state index in [0.29, 0.717) is 16.7 Å². The zero-order chi connectivity index (χ0) is 13.9. The first-order valence-electron chi connectivity index (χ1n) is 6.96. The van der Waals surface area contributed by atoms with Gasteiger partial charge in [-0.2, -0.15) is 0 Å². The van der Waals surface area contributed by atoms with Crippen LogP contribution in [0.2, 0.25) is 0 Å². The van der Waals surface area contributed by atoms with Crippen molar-refractivity contribution < 1.29 is 4.79 Å². The van der Waals surface area contributed by atoms with Gasteiger partial charge in [0.15, 0.2) is 0 Å². The first-order valence-corrected chi connectivity index (χ1v) is 6.96. The van der Waals surface area contributed by atoms with Gasteiger partial charge in [0.05, 0.1) is 11.4 Å². The summed E-state index contributed by atoms with van der Waals surface area (Å²) in [7, 11) is 1.63. The third-order valence-electron chi connectivity index (χ3n) is 4.36. The van der Waals surface area contributed by atoms with Gasteiger partial charge in [-0.1, -0.05) is 13.3 Å². The molecule has 0 heterocycles. The fraction of sp³-hybridized carbons (Fsp3) is 0.533. The van der Waals surface area contributed by atoms with Crippen molar-refractivity contribution in [1.29, 1.82) is 0 Å². The van der Waals surface area contributed by atoms with Gasteiger partial charge in [-0.25, -0.2) is 0 Å². The van der Waals surface area contributed by atoms with Crippen molar-refractivity contribution in [2.45, 2.75) is 32.6 Å². The number of anilines is 2. The largest absolute Gasteiger partial charge is 0.397 e. The Bertz CT molecular complexity index is 461. The SMILES string of the molecule is CCC1(CNc2cc(C(=O)NC)ccc2N)CCC1. The molecule has 0 spiro atoms. The predicted molar refractivity (Wildman–Crippen MR) is 79.3 cm³/mol. The van der Waals surface area contributed by atoms with Crippen molar-refractivity contribution in [3.63, 3.8) is 0 Å². The van der Waals surface area contributed by atoms with Gasteiger partial charge in [-0.05, 0) is 42.9 Å². The smallest absolute Gasteiger partial charge is 0.251 e. The molecule has 104 valence electrons. The molecule has 0 bridgehead atoms. The molecule has 1 aromatic carbocycles. The molecule has 1 aliphatic rings. The molecule has 1 amide bonds. The van der Waals surface area contributed by atoms with Crippen LogP contribution in [0.25, 0.3) is 0 Å². The maximum absolute atomic E-state index is 11.6. The zero-order valence-corrected chi connectivity index (χ0v) is 11.8. The van der Waals surface area contributed by atoms with Crippen LogP contribution in [0.1, 0.15) is 43.0 Å². The van der Waals surface area contributed by atoms with E-state index in [1.807, 2.05) is 6.07 Å². The maximum atomic E-state index is 11.6. The molecule has 1 fully saturated rings. The molecule has 2 rings (SSSR count). The Morgan fingerprint density at radius 3 is 2.68 bits per heavy atom. The molecule has 1 aliphatic carbocycles. The van der Waals surface area contributed by atoms with Crippen molar-refractivity contribution in [2.75, 3.05) is 24.6 Å². The summed E-state index contributed by atoms with van der Waals surface area (Å²) < 4.78 is 0. The van der Waals surface area contributed by atoms with E-state index in [2.05, 4.69) is 17.6 Å². The highest BCUT2D eigenvalue weighted by Crippen LogP contribution is 2.43. The minimum atomic E-state index is -0.0862. The Balaban J connectivity index is 2.08. The topological polar surface area (TPSA) is 67.2 Å². The van der Waals surface area contributed by atoms with Gasteiger partial charge in [0.1, 0.15) is 0 Å². The third-order valence-corrected chi connectivity index (χ3v) is 4.36. The van der Waals surface area contributed by atoms with E-state index in [0.717, 1.165) is 12.2 Å². The van der Waals surface area contributed by atoms with Gasteiger partial charge in [-0.3, -0.25) is 4.79 Å². The van der Waals surface area contributed by atoms with Crippen LogP contribution in [0.5, 0.6) is 0 Å². The average molecular weight is 261 g/mol. The number of carbonyl (C=O) groups is 1. The summed E-state index contributed by atoms with van der Waals surface area (Å²) >= 11 is 0. The maximum Gasteiger partial charge on any atom is 0.251 e. The summed E-state index contributed by atoms with van der Waals surface area (Å²) in [4.78, 5) is 11.6. The Morgan fingerprint density at radius 2 is 2.16 bits per heavy atom. The summed E-state index contributed by atoms with van der Waals surface area (Å²) in [6.45, 7) is 3.18. The number of rotatable bonds is 5. The molecule has 0 aromatic heterocycles. The monoisotopic (exact) mass is 261 g/mol. The van der Waals surface area contributed by atoms with Crippen LogP contribution >= 0.6 is 0 Å². The van der Waals surface area contributed by atoms with Gasteiger partial charge in [0.2, 0.25) is 0 Å². The summed E-state index contributed by atoms with van der Waals surface area (Å²) in [5, 5.41) is 6.05. The minimum absolute atomic E-state index is 0.0862. The minimum Gasteiger partial charge on any atom is -0.397 e. The quantitative estimate of drug-likeness (QED) is 0.714. The van der Waals surface area contributed by atoms with Crippen LogP contribution < -0.4 is 16.4 Å². The van der Waals surface area contributed by atoms with Crippen molar-refractivity contribution in [3.8, 4) is 0 Å². The van der Waals surface area contributed by atoms with Crippen molar-refractivity contribution in [3.05, 3.63) is 23.8 Å². The number of hydrogen-bond acceptors (Lipinski definition) is 3. The fourth-order valence-corrected chi connectivity index (χ4v) is 2.61. The summed E-state index contributed by atoms with van der Waals surface area (Å²) in [5.41, 5.74) is 8.59. The Hall–Kier alpha value is -1.71. The molecule has 0 aliphatic heterocycles. The summed E-state index contributed by atoms with van der Waals surface area (Å²) in [5.74, 6) is -0.0862. The number of hydrogen-bond donors (Lipinski definition) is 3. The van der Waals surface area contributed by atoms with Crippen LogP contribution in [-0.4, -0.2) is 19.5 Å². The van der Waals surface area contributed by atoms with E-state index in [1.165, 1.54) is 25.7 Å². The lowest BCUT2D eigenvalue weighted by atomic mass is 9.67. The van der Waals surface area contributed by atoms with Crippen molar-refractivity contribution in [2.24, 2.45) is 5.41 Å². The highest BCUT2D eigenvalue weighted by atomic mass is 16.1. The number of carbonyl (C=O) groups excluding carboxylic acids is 1. The van der Waals surface area contributed by atoms with Gasteiger partial charge in [0, 0.05) is 19.2 Å². The van der Waals surface area contributed by atoms with Gasteiger partial charge >= 0.3 is 0 Å². The molecule has 0 radical (unpaired) electrons. The molecule has 19 heavy (non-hydrogen) atoms. The van der Waals surface area contributed by atoms with Crippen LogP contribution in [0, 0.1) is 5.41 Å². The molecular weight excluding hydrogens is 238 g/mol. The van der Waals surface area contributed by atoms with E-state index in [4.69, 9.17) is 5.73 Å². The Morgan fingerprint density at radius 1 is 1.42 bits per heavy atom. The predicted octanol–water partition coefficient (Wildman–Crippen LogP) is 2.62. The summed E-state index contributed by atoms with van der Waals surface area (Å²) in [6, 6.07) is 5.36. The number of nitrogens with two attached hydrogens (primary N) is 1.